The van der Waals surface area contributed by atoms with Crippen LogP contribution < -0.4 is 0 Å². The number of aryl methyl sites for hydroxylation is 1. The Balaban J connectivity index is 2.59. The zero-order valence-electron chi connectivity index (χ0n) is 9.84. The van der Waals surface area contributed by atoms with Crippen molar-refractivity contribution in [1.29, 1.82) is 0 Å². The standard InChI is InChI=1S/C12H15NO3S/c1-3-17(15,16)8-9-7-13(2)12-5-4-10(14)6-11(9)12/h4-7,14H,3,8H2,1-2H3. The highest BCUT2D eigenvalue weighted by Gasteiger charge is 2.14. The molecule has 0 aliphatic rings. The van der Waals surface area contributed by atoms with E-state index in [1.54, 1.807) is 31.3 Å². The zero-order valence-corrected chi connectivity index (χ0v) is 10.7. The van der Waals surface area contributed by atoms with Crippen molar-refractivity contribution < 1.29 is 13.5 Å². The summed E-state index contributed by atoms with van der Waals surface area (Å²) in [6, 6.07) is 4.99. The number of sulfone groups is 1. The van der Waals surface area contributed by atoms with Gasteiger partial charge >= 0.3 is 0 Å². The van der Waals surface area contributed by atoms with Crippen molar-refractivity contribution in [3.05, 3.63) is 30.0 Å². The maximum Gasteiger partial charge on any atom is 0.154 e. The third kappa shape index (κ3) is 2.29. The lowest BCUT2D eigenvalue weighted by Gasteiger charge is -2.00. The molecule has 1 aromatic heterocycles. The first-order valence-corrected chi connectivity index (χ1v) is 7.22. The fourth-order valence-electron chi connectivity index (χ4n) is 1.92. The van der Waals surface area contributed by atoms with Crippen LogP contribution >= 0.6 is 0 Å². The number of aromatic hydroxyl groups is 1. The maximum absolute atomic E-state index is 11.6. The molecule has 0 unspecified atom stereocenters. The predicted molar refractivity (Wildman–Crippen MR) is 67.7 cm³/mol. The predicted octanol–water partition coefficient (Wildman–Crippen LogP) is 1.82. The molecular weight excluding hydrogens is 238 g/mol. The summed E-state index contributed by atoms with van der Waals surface area (Å²) in [6.45, 7) is 1.64. The number of phenols is 1. The van der Waals surface area contributed by atoms with Crippen molar-refractivity contribution in [2.24, 2.45) is 7.05 Å². The van der Waals surface area contributed by atoms with Crippen LogP contribution in [0, 0.1) is 0 Å². The van der Waals surface area contributed by atoms with Crippen molar-refractivity contribution in [2.45, 2.75) is 12.7 Å². The van der Waals surface area contributed by atoms with Gasteiger partial charge in [-0.1, -0.05) is 6.92 Å². The first-order chi connectivity index (χ1) is 7.93. The molecule has 1 aromatic carbocycles. The number of hydrogen-bond donors (Lipinski definition) is 1. The normalized spacial score (nSPS) is 12.1. The Bertz CT molecular complexity index is 656. The van der Waals surface area contributed by atoms with E-state index in [1.807, 2.05) is 11.6 Å². The van der Waals surface area contributed by atoms with Gasteiger partial charge in [-0.2, -0.15) is 0 Å². The number of fused-ring (bicyclic) bond motifs is 1. The van der Waals surface area contributed by atoms with Crippen LogP contribution in [-0.2, 0) is 22.6 Å². The van der Waals surface area contributed by atoms with Crippen LogP contribution in [0.15, 0.2) is 24.4 Å². The van der Waals surface area contributed by atoms with E-state index in [9.17, 15) is 13.5 Å². The average Bonchev–Trinajstić information content (AvgIpc) is 2.55. The first kappa shape index (κ1) is 12.0. The van der Waals surface area contributed by atoms with E-state index in [0.717, 1.165) is 16.5 Å². The van der Waals surface area contributed by atoms with Crippen molar-refractivity contribution in [1.82, 2.24) is 4.57 Å². The monoisotopic (exact) mass is 253 g/mol. The van der Waals surface area contributed by atoms with Gasteiger partial charge in [0, 0.05) is 29.9 Å². The minimum atomic E-state index is -3.06. The minimum Gasteiger partial charge on any atom is -0.508 e. The summed E-state index contributed by atoms with van der Waals surface area (Å²) in [5, 5.41) is 10.3. The Morgan fingerprint density at radius 1 is 1.35 bits per heavy atom. The van der Waals surface area contributed by atoms with Crippen LogP contribution in [0.3, 0.4) is 0 Å². The lowest BCUT2D eigenvalue weighted by atomic mass is 10.2. The molecule has 1 N–H and O–H groups in total. The van der Waals surface area contributed by atoms with Gasteiger partial charge in [0.05, 0.1) is 5.75 Å². The van der Waals surface area contributed by atoms with E-state index in [1.165, 1.54) is 0 Å². The Hall–Kier alpha value is -1.49. The number of nitrogens with zero attached hydrogens (tertiary/aromatic N) is 1. The van der Waals surface area contributed by atoms with Crippen LogP contribution in [0.2, 0.25) is 0 Å². The number of hydrogen-bond acceptors (Lipinski definition) is 3. The molecule has 0 fully saturated rings. The second-order valence-electron chi connectivity index (χ2n) is 4.14. The van der Waals surface area contributed by atoms with Gasteiger partial charge < -0.3 is 9.67 Å². The van der Waals surface area contributed by atoms with E-state index in [-0.39, 0.29) is 17.3 Å². The molecule has 0 saturated heterocycles. The third-order valence-corrected chi connectivity index (χ3v) is 4.50. The van der Waals surface area contributed by atoms with E-state index < -0.39 is 9.84 Å². The minimum absolute atomic E-state index is 0.0181. The van der Waals surface area contributed by atoms with Gasteiger partial charge in [0.25, 0.3) is 0 Å². The molecule has 4 nitrogen and oxygen atoms in total. The van der Waals surface area contributed by atoms with Crippen LogP contribution in [-0.4, -0.2) is 23.8 Å². The van der Waals surface area contributed by atoms with Gasteiger partial charge in [-0.15, -0.1) is 0 Å². The summed E-state index contributed by atoms with van der Waals surface area (Å²) in [5.74, 6) is 0.297. The summed E-state index contributed by atoms with van der Waals surface area (Å²) >= 11 is 0. The summed E-state index contributed by atoms with van der Waals surface area (Å²) in [4.78, 5) is 0. The summed E-state index contributed by atoms with van der Waals surface area (Å²) in [5.41, 5.74) is 1.66. The molecule has 0 spiro atoms. The second-order valence-corrected chi connectivity index (χ2v) is 6.50. The highest BCUT2D eigenvalue weighted by Crippen LogP contribution is 2.26. The molecule has 5 heteroatoms. The van der Waals surface area contributed by atoms with Gasteiger partial charge in [0.15, 0.2) is 9.84 Å². The van der Waals surface area contributed by atoms with Crippen molar-refractivity contribution in [3.63, 3.8) is 0 Å². The smallest absolute Gasteiger partial charge is 0.154 e. The number of phenolic OH excluding ortho intramolecular Hbond substituents is 1. The average molecular weight is 253 g/mol. The zero-order chi connectivity index (χ0) is 12.6. The molecule has 2 aromatic rings. The van der Waals surface area contributed by atoms with Crippen LogP contribution in [0.1, 0.15) is 12.5 Å². The molecule has 0 aliphatic heterocycles. The van der Waals surface area contributed by atoms with Gasteiger partial charge in [0.2, 0.25) is 0 Å². The second kappa shape index (κ2) is 4.07. The van der Waals surface area contributed by atoms with Crippen molar-refractivity contribution in [3.8, 4) is 5.75 Å². The van der Waals surface area contributed by atoms with Gasteiger partial charge in [-0.05, 0) is 23.8 Å². The number of benzene rings is 1. The molecule has 0 radical (unpaired) electrons. The Morgan fingerprint density at radius 3 is 2.71 bits per heavy atom. The van der Waals surface area contributed by atoms with E-state index in [4.69, 9.17) is 0 Å². The van der Waals surface area contributed by atoms with Gasteiger partial charge in [-0.25, -0.2) is 8.42 Å². The molecule has 1 heterocycles. The number of rotatable bonds is 3. The van der Waals surface area contributed by atoms with Crippen molar-refractivity contribution in [2.75, 3.05) is 5.75 Å². The van der Waals surface area contributed by atoms with Crippen LogP contribution in [0.5, 0.6) is 5.75 Å². The molecule has 2 rings (SSSR count). The molecule has 17 heavy (non-hydrogen) atoms. The van der Waals surface area contributed by atoms with E-state index >= 15 is 0 Å². The van der Waals surface area contributed by atoms with E-state index in [2.05, 4.69) is 0 Å². The molecule has 0 aliphatic carbocycles. The third-order valence-electron chi connectivity index (χ3n) is 2.87. The molecule has 92 valence electrons. The largest absolute Gasteiger partial charge is 0.508 e. The van der Waals surface area contributed by atoms with Crippen molar-refractivity contribution >= 4 is 20.7 Å². The topological polar surface area (TPSA) is 59.3 Å². The highest BCUT2D eigenvalue weighted by molar-refractivity contribution is 7.90. The fourth-order valence-corrected chi connectivity index (χ4v) is 2.82. The summed E-state index contributed by atoms with van der Waals surface area (Å²) < 4.78 is 25.1. The molecule has 0 atom stereocenters. The lowest BCUT2D eigenvalue weighted by Crippen LogP contribution is -2.06. The summed E-state index contributed by atoms with van der Waals surface area (Å²) in [6.07, 6.45) is 1.80. The number of aromatic nitrogens is 1. The Kier molecular flexibility index (Phi) is 2.87. The van der Waals surface area contributed by atoms with E-state index in [0.29, 0.717) is 0 Å². The summed E-state index contributed by atoms with van der Waals surface area (Å²) in [7, 11) is -1.20. The Morgan fingerprint density at radius 2 is 2.06 bits per heavy atom. The highest BCUT2D eigenvalue weighted by atomic mass is 32.2. The molecule has 0 amide bonds. The first-order valence-electron chi connectivity index (χ1n) is 5.40. The lowest BCUT2D eigenvalue weighted by molar-refractivity contribution is 0.476. The molecule has 0 bridgehead atoms. The molecular formula is C12H15NO3S. The fraction of sp³-hybridized carbons (Fsp3) is 0.333. The van der Waals surface area contributed by atoms with Gasteiger partial charge in [0.1, 0.15) is 5.75 Å². The van der Waals surface area contributed by atoms with Crippen LogP contribution in [0.25, 0.3) is 10.9 Å². The molecule has 0 saturated carbocycles. The quantitative estimate of drug-likeness (QED) is 0.907. The SMILES string of the molecule is CCS(=O)(=O)Cc1cn(C)c2ccc(O)cc12. The maximum atomic E-state index is 11.6. The van der Waals surface area contributed by atoms with Crippen LogP contribution in [0.4, 0.5) is 0 Å². The Labute approximate surface area is 100 Å². The van der Waals surface area contributed by atoms with Gasteiger partial charge in [-0.3, -0.25) is 0 Å².